The van der Waals surface area contributed by atoms with E-state index in [0.29, 0.717) is 24.0 Å². The molecule has 220 valence electrons. The molecular formula is C28H20F4N6O4S. The van der Waals surface area contributed by atoms with E-state index in [1.807, 2.05) is 0 Å². The van der Waals surface area contributed by atoms with Crippen molar-refractivity contribution in [2.45, 2.75) is 41.9 Å². The van der Waals surface area contributed by atoms with E-state index in [4.69, 9.17) is 10.3 Å². The van der Waals surface area contributed by atoms with Crippen LogP contribution in [-0.2, 0) is 32.8 Å². The van der Waals surface area contributed by atoms with Crippen molar-refractivity contribution in [1.29, 1.82) is 5.26 Å². The van der Waals surface area contributed by atoms with Gasteiger partial charge in [-0.2, -0.15) is 23.4 Å². The van der Waals surface area contributed by atoms with E-state index >= 15 is 4.39 Å². The van der Waals surface area contributed by atoms with Crippen LogP contribution in [0.5, 0.6) is 0 Å². The Labute approximate surface area is 241 Å². The lowest BCUT2D eigenvalue weighted by atomic mass is 10.1. The van der Waals surface area contributed by atoms with E-state index in [-0.39, 0.29) is 35.2 Å². The Morgan fingerprint density at radius 3 is 2.47 bits per heavy atom. The summed E-state index contributed by atoms with van der Waals surface area (Å²) in [5.74, 6) is -2.66. The molecule has 6 rings (SSSR count). The van der Waals surface area contributed by atoms with Gasteiger partial charge in [-0.15, -0.1) is 0 Å². The first-order valence-corrected chi connectivity index (χ1v) is 14.5. The maximum atomic E-state index is 15.3. The van der Waals surface area contributed by atoms with Gasteiger partial charge in [-0.1, -0.05) is 29.4 Å². The summed E-state index contributed by atoms with van der Waals surface area (Å²) < 4.78 is 85.4. The second-order valence-electron chi connectivity index (χ2n) is 10.4. The molecule has 1 fully saturated rings. The Kier molecular flexibility index (Phi) is 6.58. The van der Waals surface area contributed by atoms with E-state index in [1.165, 1.54) is 6.07 Å². The molecule has 3 heterocycles. The van der Waals surface area contributed by atoms with Crippen LogP contribution in [0.4, 0.5) is 23.2 Å². The van der Waals surface area contributed by atoms with E-state index in [2.05, 4.69) is 21.2 Å². The molecule has 1 saturated carbocycles. The molecule has 4 aromatic rings. The molecule has 0 bridgehead atoms. The zero-order valence-corrected chi connectivity index (χ0v) is 22.8. The summed E-state index contributed by atoms with van der Waals surface area (Å²) in [6.45, 7) is -0.171. The van der Waals surface area contributed by atoms with E-state index in [1.54, 1.807) is 24.3 Å². The van der Waals surface area contributed by atoms with Crippen LogP contribution in [0.25, 0.3) is 22.6 Å². The molecule has 0 saturated heterocycles. The van der Waals surface area contributed by atoms with Gasteiger partial charge >= 0.3 is 6.18 Å². The summed E-state index contributed by atoms with van der Waals surface area (Å²) in [4.78, 5) is 22.1. The number of carbonyl (C=O) groups is 1. The minimum absolute atomic E-state index is 0.0181. The van der Waals surface area contributed by atoms with Crippen molar-refractivity contribution in [1.82, 2.24) is 15.1 Å². The van der Waals surface area contributed by atoms with Crippen LogP contribution in [0.2, 0.25) is 0 Å². The molecule has 10 nitrogen and oxygen atoms in total. The van der Waals surface area contributed by atoms with Crippen LogP contribution >= 0.6 is 0 Å². The molecule has 1 atom stereocenters. The number of hydrogen-bond donors (Lipinski definition) is 1. The van der Waals surface area contributed by atoms with Crippen LogP contribution in [0.15, 0.2) is 64.1 Å². The standard InChI is InChI=1S/C28H20F4N6O4S/c29-19-10-23-22(9-18(19)24-36-26(42-37-24)27(14-33)7-8-27)38(25(39)20(34)13-43(23,40)41)12-15-1-3-16(4-2-15)21-6-5-17(11-35-21)28(30,31)32/h1-6,9-11,20H,7-8,12-13,34H2/t20-/m0/s1. The highest BCUT2D eigenvalue weighted by Gasteiger charge is 2.50. The zero-order chi connectivity index (χ0) is 30.7. The van der Waals surface area contributed by atoms with Crippen LogP contribution in [0.3, 0.4) is 0 Å². The number of nitriles is 1. The van der Waals surface area contributed by atoms with Crippen molar-refractivity contribution in [2.75, 3.05) is 10.7 Å². The third-order valence-electron chi connectivity index (χ3n) is 7.38. The van der Waals surface area contributed by atoms with Crippen molar-refractivity contribution in [3.63, 3.8) is 0 Å². The minimum Gasteiger partial charge on any atom is -0.337 e. The number of alkyl halides is 3. The number of fused-ring (bicyclic) bond motifs is 1. The Morgan fingerprint density at radius 1 is 1.14 bits per heavy atom. The van der Waals surface area contributed by atoms with Crippen LogP contribution in [0, 0.1) is 17.1 Å². The van der Waals surface area contributed by atoms with Gasteiger partial charge in [0.25, 0.3) is 0 Å². The number of sulfone groups is 1. The van der Waals surface area contributed by atoms with E-state index in [0.717, 1.165) is 29.3 Å². The van der Waals surface area contributed by atoms with E-state index < -0.39 is 55.4 Å². The van der Waals surface area contributed by atoms with Gasteiger partial charge in [-0.3, -0.25) is 9.78 Å². The minimum atomic E-state index is -4.52. The molecule has 1 aliphatic heterocycles. The molecule has 1 amide bonds. The number of benzene rings is 2. The first-order valence-electron chi connectivity index (χ1n) is 12.8. The van der Waals surface area contributed by atoms with Crippen LogP contribution < -0.4 is 10.6 Å². The van der Waals surface area contributed by atoms with Crippen molar-refractivity contribution in [3.8, 4) is 28.7 Å². The van der Waals surface area contributed by atoms with Gasteiger partial charge in [0.05, 0.1) is 51.8 Å². The Balaban J connectivity index is 1.36. The molecule has 0 spiro atoms. The first-order chi connectivity index (χ1) is 20.3. The summed E-state index contributed by atoms with van der Waals surface area (Å²) in [7, 11) is -4.20. The summed E-state index contributed by atoms with van der Waals surface area (Å²) in [5.41, 5.74) is 5.05. The monoisotopic (exact) mass is 612 g/mol. The van der Waals surface area contributed by atoms with Crippen molar-refractivity contribution >= 4 is 21.4 Å². The van der Waals surface area contributed by atoms with Gasteiger partial charge in [0.15, 0.2) is 9.84 Å². The lowest BCUT2D eigenvalue weighted by Gasteiger charge is -2.24. The lowest BCUT2D eigenvalue weighted by molar-refractivity contribution is -0.137. The highest BCUT2D eigenvalue weighted by atomic mass is 32.2. The van der Waals surface area contributed by atoms with Gasteiger partial charge in [-0.05, 0) is 42.7 Å². The third kappa shape index (κ3) is 5.12. The number of amides is 1. The predicted octanol–water partition coefficient (Wildman–Crippen LogP) is 4.16. The number of nitrogens with zero attached hydrogens (tertiary/aromatic N) is 5. The zero-order valence-electron chi connectivity index (χ0n) is 22.0. The molecule has 2 aromatic heterocycles. The molecule has 0 unspecified atom stereocenters. The van der Waals surface area contributed by atoms with E-state index in [9.17, 15) is 31.6 Å². The maximum Gasteiger partial charge on any atom is 0.417 e. The van der Waals surface area contributed by atoms with Gasteiger partial charge in [0.2, 0.25) is 17.6 Å². The molecule has 2 aromatic carbocycles. The van der Waals surface area contributed by atoms with Gasteiger partial charge in [0, 0.05) is 11.8 Å². The second-order valence-corrected chi connectivity index (χ2v) is 12.4. The van der Waals surface area contributed by atoms with Crippen LogP contribution in [-0.4, -0.2) is 41.2 Å². The SMILES string of the molecule is N#CC1(c2nc(-c3cc4c(cc3F)S(=O)(=O)C[C@H](N)C(=O)N4Cc3ccc(-c4ccc(C(F)(F)F)cn4)cc3)no2)CC1. The highest BCUT2D eigenvalue weighted by Crippen LogP contribution is 2.47. The number of anilines is 1. The fourth-order valence-corrected chi connectivity index (χ4v) is 6.34. The average Bonchev–Trinajstić information content (AvgIpc) is 3.63. The average molecular weight is 613 g/mol. The molecule has 43 heavy (non-hydrogen) atoms. The maximum absolute atomic E-state index is 15.3. The molecular weight excluding hydrogens is 592 g/mol. The predicted molar refractivity (Wildman–Crippen MR) is 142 cm³/mol. The number of aromatic nitrogens is 3. The van der Waals surface area contributed by atoms with Crippen molar-refractivity contribution in [3.05, 3.63) is 77.6 Å². The summed E-state index contributed by atoms with van der Waals surface area (Å²) >= 11 is 0. The van der Waals surface area contributed by atoms with Crippen molar-refractivity contribution < 1.29 is 35.3 Å². The Bertz CT molecular complexity index is 1900. The second kappa shape index (κ2) is 9.96. The quantitative estimate of drug-likeness (QED) is 0.327. The molecule has 1 aliphatic carbocycles. The molecule has 15 heteroatoms. The van der Waals surface area contributed by atoms with Gasteiger partial charge < -0.3 is 15.2 Å². The number of carbonyl (C=O) groups excluding carboxylic acids is 1. The molecule has 2 aliphatic rings. The Morgan fingerprint density at radius 2 is 1.86 bits per heavy atom. The lowest BCUT2D eigenvalue weighted by Crippen LogP contribution is -2.45. The summed E-state index contributed by atoms with van der Waals surface area (Å²) in [6, 6.07) is 11.1. The normalized spacial score (nSPS) is 18.9. The number of nitrogens with two attached hydrogens (primary N) is 1. The van der Waals surface area contributed by atoms with Gasteiger partial charge in [-0.25, -0.2) is 12.8 Å². The third-order valence-corrected chi connectivity index (χ3v) is 9.17. The first kappa shape index (κ1) is 28.4. The topological polar surface area (TPSA) is 156 Å². The van der Waals surface area contributed by atoms with Crippen molar-refractivity contribution in [2.24, 2.45) is 5.73 Å². The number of halogens is 4. The summed E-state index contributed by atoms with van der Waals surface area (Å²) in [5, 5.41) is 13.2. The highest BCUT2D eigenvalue weighted by molar-refractivity contribution is 7.91. The molecule has 0 radical (unpaired) electrons. The number of hydrogen-bond acceptors (Lipinski definition) is 9. The fourth-order valence-electron chi connectivity index (χ4n) is 4.78. The smallest absolute Gasteiger partial charge is 0.337 e. The van der Waals surface area contributed by atoms with Gasteiger partial charge in [0.1, 0.15) is 11.2 Å². The fraction of sp³-hybridized carbons (Fsp3) is 0.250. The van der Waals surface area contributed by atoms with Crippen LogP contribution in [0.1, 0.15) is 29.9 Å². The number of pyridine rings is 1. The summed E-state index contributed by atoms with van der Waals surface area (Å²) in [6.07, 6.45) is -2.79. The number of rotatable bonds is 5. The Hall–Kier alpha value is -4.68. The largest absolute Gasteiger partial charge is 0.417 e. The molecule has 2 N–H and O–H groups in total.